The number of thioether (sulfide) groups is 1. The number of carbonyl (C=O) groups excluding carboxylic acids is 1. The molecule has 0 saturated carbocycles. The molecule has 0 spiro atoms. The Balaban J connectivity index is 1.23. The second-order valence-corrected chi connectivity index (χ2v) is 11.9. The molecule has 2 amide bonds. The zero-order valence-electron chi connectivity index (χ0n) is 24.8. The van der Waals surface area contributed by atoms with Crippen LogP contribution in [0.4, 0.5) is 23.7 Å². The fraction of sp³-hybridized carbons (Fsp3) is 0.312. The van der Waals surface area contributed by atoms with Crippen molar-refractivity contribution in [2.45, 2.75) is 59.0 Å². The van der Waals surface area contributed by atoms with Crippen molar-refractivity contribution >= 4 is 28.6 Å². The number of anilines is 1. The number of nitrogens with one attached hydrogen (secondary N) is 1. The molecule has 4 aromatic rings. The van der Waals surface area contributed by atoms with E-state index in [9.17, 15) is 18.0 Å². The summed E-state index contributed by atoms with van der Waals surface area (Å²) in [5.41, 5.74) is 5.65. The van der Waals surface area contributed by atoms with Gasteiger partial charge in [0, 0.05) is 29.6 Å². The summed E-state index contributed by atoms with van der Waals surface area (Å²) in [4.78, 5) is 23.9. The van der Waals surface area contributed by atoms with Gasteiger partial charge in [0.15, 0.2) is 11.0 Å². The van der Waals surface area contributed by atoms with E-state index in [0.29, 0.717) is 29.1 Å². The van der Waals surface area contributed by atoms with Crippen molar-refractivity contribution < 1.29 is 22.7 Å². The molecule has 5 rings (SSSR count). The molecule has 44 heavy (non-hydrogen) atoms. The summed E-state index contributed by atoms with van der Waals surface area (Å²) >= 11 is 1.60. The molecule has 1 fully saturated rings. The fourth-order valence-electron chi connectivity index (χ4n) is 4.88. The Morgan fingerprint density at radius 1 is 1.11 bits per heavy atom. The molecule has 1 aliphatic rings. The Kier molecular flexibility index (Phi) is 9.28. The number of aromatic nitrogens is 3. The Bertz CT molecular complexity index is 1640. The average Bonchev–Trinajstić information content (AvgIpc) is 3.46. The van der Waals surface area contributed by atoms with Crippen LogP contribution < -0.4 is 15.0 Å². The second kappa shape index (κ2) is 13.1. The van der Waals surface area contributed by atoms with Crippen LogP contribution in [-0.2, 0) is 6.54 Å². The van der Waals surface area contributed by atoms with E-state index in [4.69, 9.17) is 0 Å². The van der Waals surface area contributed by atoms with Gasteiger partial charge in [0.1, 0.15) is 12.1 Å². The topological polar surface area (TPSA) is 84.6 Å². The van der Waals surface area contributed by atoms with Gasteiger partial charge < -0.3 is 15.0 Å². The van der Waals surface area contributed by atoms with E-state index in [2.05, 4.69) is 75.9 Å². The van der Waals surface area contributed by atoms with Crippen molar-refractivity contribution in [2.24, 2.45) is 4.99 Å². The molecule has 1 N–H and O–H groups in total. The fourth-order valence-corrected chi connectivity index (χ4v) is 6.09. The van der Waals surface area contributed by atoms with Crippen molar-refractivity contribution in [1.29, 1.82) is 0 Å². The Morgan fingerprint density at radius 3 is 2.52 bits per heavy atom. The van der Waals surface area contributed by atoms with Crippen LogP contribution in [0.3, 0.4) is 0 Å². The van der Waals surface area contributed by atoms with Crippen molar-refractivity contribution in [1.82, 2.24) is 20.1 Å². The van der Waals surface area contributed by atoms with Crippen LogP contribution in [0.1, 0.15) is 49.8 Å². The van der Waals surface area contributed by atoms with Gasteiger partial charge in [0.25, 0.3) is 0 Å². The molecule has 1 aliphatic heterocycles. The summed E-state index contributed by atoms with van der Waals surface area (Å²) in [6.45, 7) is 8.88. The zero-order chi connectivity index (χ0) is 31.4. The molecule has 0 aliphatic carbocycles. The lowest BCUT2D eigenvalue weighted by molar-refractivity contribution is -0.274. The summed E-state index contributed by atoms with van der Waals surface area (Å²) in [6.07, 6.45) is -2.27. The maximum absolute atomic E-state index is 12.9. The van der Waals surface area contributed by atoms with Gasteiger partial charge in [0.2, 0.25) is 0 Å². The van der Waals surface area contributed by atoms with Crippen LogP contribution in [0, 0.1) is 6.92 Å². The van der Waals surface area contributed by atoms with Crippen molar-refractivity contribution in [3.05, 3.63) is 89.7 Å². The number of hydrogen-bond acceptors (Lipinski definition) is 5. The van der Waals surface area contributed by atoms with E-state index in [1.807, 2.05) is 24.3 Å². The lowest BCUT2D eigenvalue weighted by Gasteiger charge is -2.37. The molecule has 230 valence electrons. The van der Waals surface area contributed by atoms with Crippen LogP contribution >= 0.6 is 11.8 Å². The van der Waals surface area contributed by atoms with Gasteiger partial charge in [-0.1, -0.05) is 62.0 Å². The molecule has 2 heterocycles. The average molecular weight is 623 g/mol. The van der Waals surface area contributed by atoms with Crippen LogP contribution in [0.25, 0.3) is 17.1 Å². The van der Waals surface area contributed by atoms with Crippen LogP contribution in [-0.4, -0.2) is 44.1 Å². The highest BCUT2D eigenvalue weighted by atomic mass is 32.2. The Labute approximate surface area is 258 Å². The van der Waals surface area contributed by atoms with Gasteiger partial charge in [-0.3, -0.25) is 0 Å². The van der Waals surface area contributed by atoms with Crippen molar-refractivity contribution in [3.63, 3.8) is 0 Å². The number of halogens is 3. The molecule has 1 saturated heterocycles. The van der Waals surface area contributed by atoms with Gasteiger partial charge in [-0.15, -0.1) is 18.3 Å². The number of alkyl halides is 3. The van der Waals surface area contributed by atoms with E-state index in [1.165, 1.54) is 40.8 Å². The van der Waals surface area contributed by atoms with Gasteiger partial charge in [-0.25, -0.2) is 14.5 Å². The summed E-state index contributed by atoms with van der Waals surface area (Å²) in [5, 5.41) is 8.04. The van der Waals surface area contributed by atoms with Gasteiger partial charge in [-0.05, 0) is 73.2 Å². The van der Waals surface area contributed by atoms with E-state index in [0.717, 1.165) is 34.6 Å². The first kappa shape index (κ1) is 31.1. The predicted molar refractivity (Wildman–Crippen MR) is 167 cm³/mol. The molecule has 0 bridgehead atoms. The number of carbonyl (C=O) groups is 1. The Hall–Kier alpha value is -4.32. The molecule has 12 heteroatoms. The van der Waals surface area contributed by atoms with Crippen molar-refractivity contribution in [3.8, 4) is 22.8 Å². The highest BCUT2D eigenvalue weighted by Crippen LogP contribution is 2.35. The molecule has 1 aromatic heterocycles. The normalized spacial score (nSPS) is 16.4. The van der Waals surface area contributed by atoms with Crippen molar-refractivity contribution in [2.75, 3.05) is 10.7 Å². The summed E-state index contributed by atoms with van der Waals surface area (Å²) in [5.74, 6) is 1.37. The van der Waals surface area contributed by atoms with Crippen LogP contribution in [0.5, 0.6) is 5.75 Å². The molecular formula is C32H33F3N6O2S. The summed E-state index contributed by atoms with van der Waals surface area (Å²) < 4.78 is 42.6. The van der Waals surface area contributed by atoms with E-state index in [1.54, 1.807) is 11.8 Å². The second-order valence-electron chi connectivity index (χ2n) is 10.9. The third kappa shape index (κ3) is 7.60. The number of amides is 2. The molecule has 8 nitrogen and oxygen atoms in total. The van der Waals surface area contributed by atoms with E-state index >= 15 is 0 Å². The minimum absolute atomic E-state index is 0.217. The zero-order valence-corrected chi connectivity index (χ0v) is 25.6. The van der Waals surface area contributed by atoms with E-state index in [-0.39, 0.29) is 11.8 Å². The molecular weight excluding hydrogens is 589 g/mol. The molecule has 1 unspecified atom stereocenters. The molecule has 1 atom stereocenters. The summed E-state index contributed by atoms with van der Waals surface area (Å²) in [6, 6.07) is 19.1. The lowest BCUT2D eigenvalue weighted by Crippen LogP contribution is -2.42. The highest BCUT2D eigenvalue weighted by Gasteiger charge is 2.31. The highest BCUT2D eigenvalue weighted by molar-refractivity contribution is 8.14. The number of benzene rings is 3. The number of amidine groups is 1. The van der Waals surface area contributed by atoms with E-state index < -0.39 is 12.4 Å². The number of aryl methyl sites for hydroxylation is 1. The number of urea groups is 1. The lowest BCUT2D eigenvalue weighted by atomic mass is 9.98. The summed E-state index contributed by atoms with van der Waals surface area (Å²) in [7, 11) is 0. The Morgan fingerprint density at radius 2 is 1.84 bits per heavy atom. The SMILES string of the molecule is Cc1ccc(C(C)C)c(N2/C(=N/C(=O)NCc3ccc(-c4ncn(-c5ccc(OC(F)(F)F)cc5)n4)cc3)SCCC2C)c1. The smallest absolute Gasteiger partial charge is 0.406 e. The van der Waals surface area contributed by atoms with Gasteiger partial charge in [-0.2, -0.15) is 4.99 Å². The first-order chi connectivity index (χ1) is 21.0. The number of hydrogen-bond donors (Lipinski definition) is 1. The van der Waals surface area contributed by atoms with Gasteiger partial charge in [0.05, 0.1) is 5.69 Å². The van der Waals surface area contributed by atoms with Crippen LogP contribution in [0.15, 0.2) is 78.0 Å². The minimum Gasteiger partial charge on any atom is -0.406 e. The number of rotatable bonds is 7. The van der Waals surface area contributed by atoms with Crippen LogP contribution in [0.2, 0.25) is 0 Å². The third-order valence-electron chi connectivity index (χ3n) is 7.16. The molecule has 3 aromatic carbocycles. The first-order valence-corrected chi connectivity index (χ1v) is 15.2. The molecule has 0 radical (unpaired) electrons. The first-order valence-electron chi connectivity index (χ1n) is 14.2. The number of ether oxygens (including phenoxy) is 1. The quantitative estimate of drug-likeness (QED) is 0.226. The third-order valence-corrected chi connectivity index (χ3v) is 8.15. The number of nitrogens with zero attached hydrogens (tertiary/aromatic N) is 5. The minimum atomic E-state index is -4.75. The predicted octanol–water partition coefficient (Wildman–Crippen LogP) is 7.86. The largest absolute Gasteiger partial charge is 0.573 e. The monoisotopic (exact) mass is 622 g/mol. The number of aliphatic imine (C=N–C) groups is 1. The standard InChI is InChI=1S/C32H33F3N6O2S/c1-20(2)27-14-5-21(3)17-28(27)41-22(4)15-16-44-31(41)38-30(42)36-18-23-6-8-24(9-7-23)29-37-19-40(39-29)25-10-12-26(13-11-25)43-32(33,34)35/h5-14,17,19-20,22H,15-16,18H2,1-4H3,(H,36,42)/b38-31-. The van der Waals surface area contributed by atoms with Gasteiger partial charge >= 0.3 is 12.4 Å². The maximum atomic E-state index is 12.9. The maximum Gasteiger partial charge on any atom is 0.573 e.